The van der Waals surface area contributed by atoms with E-state index in [0.29, 0.717) is 26.2 Å². The van der Waals surface area contributed by atoms with Gasteiger partial charge in [-0.15, -0.1) is 0 Å². The smallest absolute Gasteiger partial charge is 0.308 e. The van der Waals surface area contributed by atoms with Crippen LogP contribution in [0, 0.1) is 11.7 Å². The number of hydrogen-bond acceptors (Lipinski definition) is 5. The minimum Gasteiger partial charge on any atom is -0.506 e. The van der Waals surface area contributed by atoms with Crippen molar-refractivity contribution in [3.63, 3.8) is 0 Å². The highest BCUT2D eigenvalue weighted by molar-refractivity contribution is 5.94. The topological polar surface area (TPSA) is 93.1 Å². The zero-order chi connectivity index (χ0) is 20.8. The summed E-state index contributed by atoms with van der Waals surface area (Å²) in [6.07, 6.45) is -0.179. The molecule has 1 amide bonds. The van der Waals surface area contributed by atoms with Gasteiger partial charge in [-0.05, 0) is 36.4 Å². The summed E-state index contributed by atoms with van der Waals surface area (Å²) in [5.41, 5.74) is 1.19. The van der Waals surface area contributed by atoms with Crippen LogP contribution in [0.15, 0.2) is 48.5 Å². The molecule has 1 heterocycles. The lowest BCUT2D eigenvalue weighted by Gasteiger charge is -2.37. The van der Waals surface area contributed by atoms with Crippen LogP contribution in [-0.4, -0.2) is 59.7 Å². The largest absolute Gasteiger partial charge is 0.506 e. The number of halogens is 1. The van der Waals surface area contributed by atoms with Gasteiger partial charge in [-0.2, -0.15) is 0 Å². The molecule has 1 unspecified atom stereocenters. The number of carbonyl (C=O) groups is 2. The van der Waals surface area contributed by atoms with Gasteiger partial charge in [-0.3, -0.25) is 14.5 Å². The number of aromatic hydroxyl groups is 1. The van der Waals surface area contributed by atoms with Crippen LogP contribution in [0.5, 0.6) is 5.75 Å². The van der Waals surface area contributed by atoms with E-state index in [4.69, 9.17) is 0 Å². The van der Waals surface area contributed by atoms with Crippen LogP contribution in [0.3, 0.4) is 0 Å². The number of nitrogens with one attached hydrogen (secondary N) is 1. The molecule has 0 aliphatic carbocycles. The predicted molar refractivity (Wildman–Crippen MR) is 108 cm³/mol. The zero-order valence-electron chi connectivity index (χ0n) is 15.9. The number of phenolic OH excluding ortho intramolecular Hbond substituents is 1. The fourth-order valence-corrected chi connectivity index (χ4v) is 3.39. The molecule has 8 heteroatoms. The van der Waals surface area contributed by atoms with E-state index in [1.165, 1.54) is 18.2 Å². The third-order valence-electron chi connectivity index (χ3n) is 5.00. The van der Waals surface area contributed by atoms with Gasteiger partial charge in [0.1, 0.15) is 11.6 Å². The maximum absolute atomic E-state index is 13.1. The molecule has 2 aromatic rings. The molecule has 0 spiro atoms. The van der Waals surface area contributed by atoms with Crippen LogP contribution in [0.4, 0.5) is 15.8 Å². The number of hydrogen-bond donors (Lipinski definition) is 3. The molecular weight excluding hydrogens is 377 g/mol. The number of nitrogens with zero attached hydrogens (tertiary/aromatic N) is 2. The normalized spacial score (nSPS) is 15.7. The van der Waals surface area contributed by atoms with Crippen LogP contribution in [-0.2, 0) is 9.59 Å². The van der Waals surface area contributed by atoms with Crippen LogP contribution < -0.4 is 10.2 Å². The Labute approximate surface area is 168 Å². The van der Waals surface area contributed by atoms with Crippen molar-refractivity contribution in [3.05, 3.63) is 54.3 Å². The van der Waals surface area contributed by atoms with E-state index >= 15 is 0 Å². The second kappa shape index (κ2) is 9.38. The molecule has 0 radical (unpaired) electrons. The fraction of sp³-hybridized carbons (Fsp3) is 0.333. The first-order valence-electron chi connectivity index (χ1n) is 9.46. The summed E-state index contributed by atoms with van der Waals surface area (Å²) in [5.74, 6) is -2.68. The third-order valence-corrected chi connectivity index (χ3v) is 5.00. The Morgan fingerprint density at radius 2 is 1.69 bits per heavy atom. The monoisotopic (exact) mass is 401 g/mol. The summed E-state index contributed by atoms with van der Waals surface area (Å²) in [7, 11) is 0. The molecule has 7 nitrogen and oxygen atoms in total. The highest BCUT2D eigenvalue weighted by atomic mass is 19.1. The second-order valence-electron chi connectivity index (χ2n) is 7.07. The van der Waals surface area contributed by atoms with Crippen molar-refractivity contribution in [2.75, 3.05) is 42.9 Å². The number of phenols is 1. The number of carboxylic acids is 1. The highest BCUT2D eigenvalue weighted by Gasteiger charge is 2.26. The molecule has 2 aromatic carbocycles. The molecule has 1 aliphatic heterocycles. The molecule has 1 atom stereocenters. The summed E-state index contributed by atoms with van der Waals surface area (Å²) >= 11 is 0. The van der Waals surface area contributed by atoms with Gasteiger partial charge in [-0.1, -0.05) is 12.1 Å². The highest BCUT2D eigenvalue weighted by Crippen LogP contribution is 2.22. The Hall–Kier alpha value is -3.13. The lowest BCUT2D eigenvalue weighted by Crippen LogP contribution is -2.48. The summed E-state index contributed by atoms with van der Waals surface area (Å²) in [5, 5.41) is 21.8. The second-order valence-corrected chi connectivity index (χ2v) is 7.07. The molecule has 3 rings (SSSR count). The van der Waals surface area contributed by atoms with Crippen molar-refractivity contribution in [1.82, 2.24) is 4.90 Å². The number of para-hydroxylation sites is 2. The number of aliphatic carboxylic acids is 1. The Morgan fingerprint density at radius 3 is 2.31 bits per heavy atom. The minimum absolute atomic E-state index is 0.0651. The van der Waals surface area contributed by atoms with Crippen LogP contribution in [0.25, 0.3) is 0 Å². The SMILES string of the molecule is O=C(CC(CN1CCN(c2ccc(F)cc2)CC1)C(=O)O)Nc1ccccc1O. The minimum atomic E-state index is -1.03. The average molecular weight is 401 g/mol. The van der Waals surface area contributed by atoms with Gasteiger partial charge < -0.3 is 20.4 Å². The lowest BCUT2D eigenvalue weighted by molar-refractivity contribution is -0.144. The van der Waals surface area contributed by atoms with Gasteiger partial charge >= 0.3 is 5.97 Å². The fourth-order valence-electron chi connectivity index (χ4n) is 3.39. The predicted octanol–water partition coefficient (Wildman–Crippen LogP) is 2.38. The molecule has 0 bridgehead atoms. The number of piperazine rings is 1. The maximum atomic E-state index is 13.1. The van der Waals surface area contributed by atoms with Crippen molar-refractivity contribution in [3.8, 4) is 5.75 Å². The van der Waals surface area contributed by atoms with E-state index in [9.17, 15) is 24.2 Å². The number of rotatable bonds is 7. The molecule has 0 saturated carbocycles. The van der Waals surface area contributed by atoms with Gasteiger partial charge in [-0.25, -0.2) is 4.39 Å². The molecule has 0 aromatic heterocycles. The van der Waals surface area contributed by atoms with Gasteiger partial charge in [0, 0.05) is 44.8 Å². The van der Waals surface area contributed by atoms with E-state index in [-0.39, 0.29) is 30.2 Å². The zero-order valence-corrected chi connectivity index (χ0v) is 15.9. The van der Waals surface area contributed by atoms with E-state index in [2.05, 4.69) is 10.2 Å². The average Bonchev–Trinajstić information content (AvgIpc) is 2.70. The number of carbonyl (C=O) groups excluding carboxylic acids is 1. The van der Waals surface area contributed by atoms with E-state index < -0.39 is 17.8 Å². The molecule has 154 valence electrons. The number of anilines is 2. The Balaban J connectivity index is 1.52. The Morgan fingerprint density at radius 1 is 1.03 bits per heavy atom. The molecule has 1 aliphatic rings. The molecular formula is C21H24FN3O4. The maximum Gasteiger partial charge on any atom is 0.308 e. The summed E-state index contributed by atoms with van der Waals surface area (Å²) in [6.45, 7) is 2.97. The van der Waals surface area contributed by atoms with Crippen LogP contribution in [0.2, 0.25) is 0 Å². The molecule has 1 saturated heterocycles. The number of amides is 1. The van der Waals surface area contributed by atoms with E-state index in [1.54, 1.807) is 30.3 Å². The van der Waals surface area contributed by atoms with E-state index in [1.807, 2.05) is 4.90 Å². The standard InChI is InChI=1S/C21H24FN3O4/c22-16-5-7-17(8-6-16)25-11-9-24(10-12-25)14-15(21(28)29)13-20(27)23-18-3-1-2-4-19(18)26/h1-8,15,26H,9-14H2,(H,23,27)(H,28,29). The Kier molecular flexibility index (Phi) is 6.66. The Bertz CT molecular complexity index is 851. The first-order valence-corrected chi connectivity index (χ1v) is 9.46. The first kappa shape index (κ1) is 20.6. The number of carboxylic acid groups (broad SMARTS) is 1. The third kappa shape index (κ3) is 5.68. The molecule has 1 fully saturated rings. The van der Waals surface area contributed by atoms with Gasteiger partial charge in [0.25, 0.3) is 0 Å². The summed E-state index contributed by atoms with van der Waals surface area (Å²) < 4.78 is 13.1. The van der Waals surface area contributed by atoms with E-state index in [0.717, 1.165) is 5.69 Å². The molecule has 29 heavy (non-hydrogen) atoms. The van der Waals surface area contributed by atoms with Crippen molar-refractivity contribution in [2.24, 2.45) is 5.92 Å². The number of benzene rings is 2. The van der Waals surface area contributed by atoms with Gasteiger partial charge in [0.05, 0.1) is 11.6 Å². The van der Waals surface area contributed by atoms with Crippen molar-refractivity contribution in [1.29, 1.82) is 0 Å². The van der Waals surface area contributed by atoms with Gasteiger partial charge in [0.2, 0.25) is 5.91 Å². The van der Waals surface area contributed by atoms with Crippen molar-refractivity contribution in [2.45, 2.75) is 6.42 Å². The summed E-state index contributed by atoms with van der Waals surface area (Å²) in [6, 6.07) is 12.6. The van der Waals surface area contributed by atoms with Crippen LogP contribution >= 0.6 is 0 Å². The quantitative estimate of drug-likeness (QED) is 0.617. The van der Waals surface area contributed by atoms with Gasteiger partial charge in [0.15, 0.2) is 0 Å². The van der Waals surface area contributed by atoms with Crippen molar-refractivity contribution >= 4 is 23.3 Å². The first-order chi connectivity index (χ1) is 13.9. The van der Waals surface area contributed by atoms with Crippen molar-refractivity contribution < 1.29 is 24.2 Å². The van der Waals surface area contributed by atoms with Crippen LogP contribution in [0.1, 0.15) is 6.42 Å². The summed E-state index contributed by atoms with van der Waals surface area (Å²) in [4.78, 5) is 28.0. The molecule has 3 N–H and O–H groups in total. The lowest BCUT2D eigenvalue weighted by atomic mass is 10.0.